The average molecular weight is 310 g/mol. The van der Waals surface area contributed by atoms with E-state index in [4.69, 9.17) is 0 Å². The fourth-order valence-electron chi connectivity index (χ4n) is 1.87. The van der Waals surface area contributed by atoms with E-state index < -0.39 is 0 Å². The van der Waals surface area contributed by atoms with Gasteiger partial charge in [-0.1, -0.05) is 18.2 Å². The third-order valence-electron chi connectivity index (χ3n) is 2.57. The third-order valence-corrected chi connectivity index (χ3v) is 2.57. The van der Waals surface area contributed by atoms with Crippen LogP contribution < -0.4 is 0 Å². The summed E-state index contributed by atoms with van der Waals surface area (Å²) in [6, 6.07) is 12.4. The van der Waals surface area contributed by atoms with Crippen molar-refractivity contribution in [3.05, 3.63) is 42.6 Å². The van der Waals surface area contributed by atoms with Gasteiger partial charge in [0.2, 0.25) is 0 Å². The summed E-state index contributed by atoms with van der Waals surface area (Å²) in [5.74, 6) is 1.05. The number of benzene rings is 1. The van der Waals surface area contributed by atoms with Crippen LogP contribution in [0.1, 0.15) is 0 Å². The van der Waals surface area contributed by atoms with Crippen molar-refractivity contribution in [3.63, 3.8) is 0 Å². The average Bonchev–Trinajstić information content (AvgIpc) is 2.59. The molecule has 3 rings (SSSR count). The minimum Gasteiger partial charge on any atom is -0.336 e. The molecule has 76 valence electrons. The predicted octanol–water partition coefficient (Wildman–Crippen LogP) is 3.30. The topological polar surface area (TPSA) is 17.8 Å². The molecule has 2 aliphatic rings. The molecule has 0 spiro atoms. The van der Waals surface area contributed by atoms with Crippen molar-refractivity contribution in [2.75, 3.05) is 0 Å². The molecule has 1 aromatic rings. The standard InChI is InChI=1S/C12H10N2.HI/c1-14-8-4-6-10-9-5-2-3-7-11(9)13-12(10)14;/h2-8H,1H3;1H. The van der Waals surface area contributed by atoms with Crippen LogP contribution in [0.25, 0.3) is 22.3 Å². The quantitative estimate of drug-likeness (QED) is 0.583. The van der Waals surface area contributed by atoms with Crippen LogP contribution in [0.5, 0.6) is 0 Å². The molecule has 0 radical (unpaired) electrons. The Bertz CT molecular complexity index is 571. The molecule has 0 aromatic heterocycles. The second-order valence-corrected chi connectivity index (χ2v) is 3.49. The van der Waals surface area contributed by atoms with Crippen LogP contribution in [-0.2, 0) is 7.05 Å². The molecule has 15 heavy (non-hydrogen) atoms. The van der Waals surface area contributed by atoms with Crippen molar-refractivity contribution in [1.82, 2.24) is 9.55 Å². The van der Waals surface area contributed by atoms with Crippen molar-refractivity contribution in [2.24, 2.45) is 7.05 Å². The highest BCUT2D eigenvalue weighted by Crippen LogP contribution is 2.29. The van der Waals surface area contributed by atoms with Crippen molar-refractivity contribution in [2.45, 2.75) is 0 Å². The number of hydrogen-bond acceptors (Lipinski definition) is 1. The second kappa shape index (κ2) is 3.81. The first kappa shape index (κ1) is 10.4. The third kappa shape index (κ3) is 1.51. The number of aromatic nitrogens is 2. The number of pyridine rings is 1. The normalized spacial score (nSPS) is 10.5. The van der Waals surface area contributed by atoms with Gasteiger partial charge in [-0.15, -0.1) is 24.0 Å². The lowest BCUT2D eigenvalue weighted by Gasteiger charge is -2.03. The van der Waals surface area contributed by atoms with E-state index in [1.54, 1.807) is 0 Å². The van der Waals surface area contributed by atoms with Gasteiger partial charge in [0.25, 0.3) is 0 Å². The number of fused-ring (bicyclic) bond motifs is 3. The molecule has 3 heteroatoms. The Hall–Kier alpha value is -1.10. The van der Waals surface area contributed by atoms with Crippen molar-refractivity contribution >= 4 is 34.9 Å². The van der Waals surface area contributed by atoms with E-state index in [1.807, 2.05) is 19.3 Å². The molecular weight excluding hydrogens is 299 g/mol. The predicted molar refractivity (Wildman–Crippen MR) is 72.8 cm³/mol. The lowest BCUT2D eigenvalue weighted by molar-refractivity contribution is 0.893. The Balaban J connectivity index is 0.000000853. The molecule has 0 bridgehead atoms. The molecule has 0 aliphatic carbocycles. The van der Waals surface area contributed by atoms with E-state index in [0.717, 1.165) is 11.3 Å². The highest BCUT2D eigenvalue weighted by atomic mass is 127. The van der Waals surface area contributed by atoms with Gasteiger partial charge >= 0.3 is 0 Å². The van der Waals surface area contributed by atoms with Gasteiger partial charge in [0.05, 0.1) is 5.52 Å². The zero-order valence-electron chi connectivity index (χ0n) is 8.34. The molecule has 0 unspecified atom stereocenters. The molecule has 0 N–H and O–H groups in total. The molecule has 2 nitrogen and oxygen atoms in total. The van der Waals surface area contributed by atoms with Crippen LogP contribution in [0.15, 0.2) is 42.6 Å². The van der Waals surface area contributed by atoms with Gasteiger partial charge in [0.15, 0.2) is 0 Å². The van der Waals surface area contributed by atoms with Crippen LogP contribution in [0.2, 0.25) is 0 Å². The maximum Gasteiger partial charge on any atom is 0.140 e. The molecule has 0 saturated carbocycles. The maximum atomic E-state index is 4.58. The smallest absolute Gasteiger partial charge is 0.140 e. The zero-order valence-corrected chi connectivity index (χ0v) is 10.7. The molecule has 2 heterocycles. The van der Waals surface area contributed by atoms with E-state index >= 15 is 0 Å². The van der Waals surface area contributed by atoms with Gasteiger partial charge in [-0.2, -0.15) is 0 Å². The van der Waals surface area contributed by atoms with Crippen LogP contribution >= 0.6 is 24.0 Å². The number of aryl methyl sites for hydroxylation is 1. The Morgan fingerprint density at radius 1 is 1.07 bits per heavy atom. The zero-order chi connectivity index (χ0) is 9.54. The summed E-state index contributed by atoms with van der Waals surface area (Å²) in [6.45, 7) is 0. The fraction of sp³-hybridized carbons (Fsp3) is 0.0833. The number of nitrogens with zero attached hydrogens (tertiary/aromatic N) is 2. The first-order valence-corrected chi connectivity index (χ1v) is 4.66. The van der Waals surface area contributed by atoms with Crippen molar-refractivity contribution in [1.29, 1.82) is 0 Å². The minimum atomic E-state index is 0. The van der Waals surface area contributed by atoms with E-state index in [2.05, 4.69) is 39.9 Å². The lowest BCUT2D eigenvalue weighted by Crippen LogP contribution is -1.94. The molecular formula is C12H11IN2. The van der Waals surface area contributed by atoms with E-state index in [0.29, 0.717) is 0 Å². The summed E-state index contributed by atoms with van der Waals surface area (Å²) >= 11 is 0. The van der Waals surface area contributed by atoms with Gasteiger partial charge in [-0.25, -0.2) is 4.98 Å². The maximum absolute atomic E-state index is 4.58. The summed E-state index contributed by atoms with van der Waals surface area (Å²) in [6.07, 6.45) is 2.02. The minimum absolute atomic E-state index is 0. The van der Waals surface area contributed by atoms with Gasteiger partial charge in [0.1, 0.15) is 5.82 Å². The van der Waals surface area contributed by atoms with Crippen LogP contribution in [-0.4, -0.2) is 9.55 Å². The first-order chi connectivity index (χ1) is 6.86. The Morgan fingerprint density at radius 3 is 2.73 bits per heavy atom. The lowest BCUT2D eigenvalue weighted by atomic mass is 10.1. The van der Waals surface area contributed by atoms with Crippen LogP contribution in [0, 0.1) is 0 Å². The SMILES string of the molecule is Cn1cccc2c3ccccc3nc1-2.I. The number of hydrogen-bond donors (Lipinski definition) is 0. The Labute approximate surface area is 105 Å². The number of halogens is 1. The molecule has 2 aliphatic heterocycles. The number of rotatable bonds is 0. The summed E-state index contributed by atoms with van der Waals surface area (Å²) in [4.78, 5) is 4.58. The van der Waals surface area contributed by atoms with Gasteiger partial charge < -0.3 is 4.57 Å². The summed E-state index contributed by atoms with van der Waals surface area (Å²) in [5, 5.41) is 1.23. The van der Waals surface area contributed by atoms with Crippen LogP contribution in [0.4, 0.5) is 0 Å². The summed E-state index contributed by atoms with van der Waals surface area (Å²) in [7, 11) is 2.02. The Morgan fingerprint density at radius 2 is 1.87 bits per heavy atom. The molecule has 0 fully saturated rings. The summed E-state index contributed by atoms with van der Waals surface area (Å²) < 4.78 is 2.05. The van der Waals surface area contributed by atoms with Gasteiger partial charge in [-0.3, -0.25) is 0 Å². The largest absolute Gasteiger partial charge is 0.336 e. The van der Waals surface area contributed by atoms with E-state index in [9.17, 15) is 0 Å². The molecule has 0 atom stereocenters. The molecule has 1 aromatic carbocycles. The highest BCUT2D eigenvalue weighted by Gasteiger charge is 2.11. The fourth-order valence-corrected chi connectivity index (χ4v) is 1.87. The van der Waals surface area contributed by atoms with E-state index in [1.165, 1.54) is 10.9 Å². The van der Waals surface area contributed by atoms with Crippen LogP contribution in [0.3, 0.4) is 0 Å². The monoisotopic (exact) mass is 310 g/mol. The second-order valence-electron chi connectivity index (χ2n) is 3.49. The van der Waals surface area contributed by atoms with Crippen molar-refractivity contribution in [3.8, 4) is 11.4 Å². The van der Waals surface area contributed by atoms with Gasteiger partial charge in [0, 0.05) is 24.2 Å². The number of para-hydroxylation sites is 1. The van der Waals surface area contributed by atoms with Crippen molar-refractivity contribution < 1.29 is 0 Å². The summed E-state index contributed by atoms with van der Waals surface area (Å²) in [5.41, 5.74) is 2.30. The highest BCUT2D eigenvalue weighted by molar-refractivity contribution is 14.0. The van der Waals surface area contributed by atoms with E-state index in [-0.39, 0.29) is 24.0 Å². The molecule has 0 saturated heterocycles. The Kier molecular flexibility index (Phi) is 2.65. The van der Waals surface area contributed by atoms with Gasteiger partial charge in [-0.05, 0) is 18.2 Å². The first-order valence-electron chi connectivity index (χ1n) is 4.66. The molecule has 0 amide bonds.